The fraction of sp³-hybridized carbons (Fsp3) is 0.429. The second-order valence-corrected chi connectivity index (χ2v) is 5.60. The van der Waals surface area contributed by atoms with Crippen LogP contribution in [0.5, 0.6) is 0 Å². The van der Waals surface area contributed by atoms with E-state index in [2.05, 4.69) is 5.32 Å². The Balaban J connectivity index is 2.57. The van der Waals surface area contributed by atoms with Crippen LogP contribution in [-0.2, 0) is 16.0 Å². The monoisotopic (exact) mass is 311 g/mol. The maximum Gasteiger partial charge on any atom is 0.265 e. The Morgan fingerprint density at radius 2 is 1.95 bits per heavy atom. The lowest BCUT2D eigenvalue weighted by atomic mass is 10.1. The predicted molar refractivity (Wildman–Crippen MR) is 83.0 cm³/mol. The fourth-order valence-electron chi connectivity index (χ4n) is 1.82. The molecule has 0 aliphatic rings. The molecule has 5 N–H and O–H groups in total. The van der Waals surface area contributed by atoms with Gasteiger partial charge >= 0.3 is 0 Å². The van der Waals surface area contributed by atoms with Gasteiger partial charge in [-0.2, -0.15) is 11.8 Å². The van der Waals surface area contributed by atoms with Gasteiger partial charge in [0.2, 0.25) is 5.91 Å². The molecule has 1 unspecified atom stereocenters. The van der Waals surface area contributed by atoms with E-state index in [1.54, 1.807) is 17.2 Å². The molecule has 0 saturated heterocycles. The highest BCUT2D eigenvalue weighted by molar-refractivity contribution is 7.98. The van der Waals surface area contributed by atoms with Gasteiger partial charge in [-0.15, -0.1) is 0 Å². The molecule has 0 radical (unpaired) electrons. The average molecular weight is 311 g/mol. The largest absolute Gasteiger partial charge is 0.343 e. The summed E-state index contributed by atoms with van der Waals surface area (Å²) >= 11 is 1.55. The second kappa shape index (κ2) is 9.38. The predicted octanol–water partition coefficient (Wildman–Crippen LogP) is 0.300. The van der Waals surface area contributed by atoms with Gasteiger partial charge in [0.25, 0.3) is 5.91 Å². The van der Waals surface area contributed by atoms with E-state index < -0.39 is 23.9 Å². The van der Waals surface area contributed by atoms with E-state index in [9.17, 15) is 9.59 Å². The molecule has 0 aliphatic heterocycles. The number of nitrogens with one attached hydrogen (secondary N) is 2. The number of carbonyl (C=O) groups is 2. The number of thioether (sulfide) groups is 1. The van der Waals surface area contributed by atoms with Gasteiger partial charge in [0.15, 0.2) is 0 Å². The van der Waals surface area contributed by atoms with E-state index in [1.807, 2.05) is 36.6 Å². The number of hydroxylamine groups is 1. The SMILES string of the molecule is CSCC[C@H](NC(=O)C(N)Cc1ccccc1)C(=O)NO. The molecule has 1 aromatic carbocycles. The quantitative estimate of drug-likeness (QED) is 0.408. The minimum atomic E-state index is -0.781. The van der Waals surface area contributed by atoms with Crippen molar-refractivity contribution < 1.29 is 14.8 Å². The topological polar surface area (TPSA) is 104 Å². The molecular weight excluding hydrogens is 290 g/mol. The highest BCUT2D eigenvalue weighted by Gasteiger charge is 2.23. The van der Waals surface area contributed by atoms with Crippen molar-refractivity contribution in [1.82, 2.24) is 10.8 Å². The summed E-state index contributed by atoms with van der Waals surface area (Å²) in [6.07, 6.45) is 2.72. The Labute approximate surface area is 128 Å². The average Bonchev–Trinajstić information content (AvgIpc) is 2.51. The third-order valence-electron chi connectivity index (χ3n) is 2.99. The first-order chi connectivity index (χ1) is 10.1. The van der Waals surface area contributed by atoms with Gasteiger partial charge in [-0.25, -0.2) is 5.48 Å². The van der Waals surface area contributed by atoms with E-state index in [4.69, 9.17) is 10.9 Å². The Kier molecular flexibility index (Phi) is 7.81. The van der Waals surface area contributed by atoms with Crippen molar-refractivity contribution in [2.45, 2.75) is 24.9 Å². The number of carbonyl (C=O) groups excluding carboxylic acids is 2. The molecule has 6 nitrogen and oxygen atoms in total. The van der Waals surface area contributed by atoms with Crippen LogP contribution in [0.3, 0.4) is 0 Å². The smallest absolute Gasteiger partial charge is 0.265 e. The summed E-state index contributed by atoms with van der Waals surface area (Å²) in [6.45, 7) is 0. The van der Waals surface area contributed by atoms with Crippen LogP contribution in [0.4, 0.5) is 0 Å². The first kappa shape index (κ1) is 17.5. The third kappa shape index (κ3) is 6.16. The van der Waals surface area contributed by atoms with Crippen molar-refractivity contribution >= 4 is 23.6 Å². The number of hydrogen-bond acceptors (Lipinski definition) is 5. The van der Waals surface area contributed by atoms with E-state index in [0.717, 1.165) is 5.56 Å². The molecule has 0 aromatic heterocycles. The van der Waals surface area contributed by atoms with Crippen LogP contribution in [0, 0.1) is 0 Å². The minimum Gasteiger partial charge on any atom is -0.343 e. The summed E-state index contributed by atoms with van der Waals surface area (Å²) in [5.41, 5.74) is 8.37. The molecule has 1 aromatic rings. The third-order valence-corrected chi connectivity index (χ3v) is 3.63. The normalized spacial score (nSPS) is 13.3. The van der Waals surface area contributed by atoms with Crippen LogP contribution in [0.15, 0.2) is 30.3 Å². The van der Waals surface area contributed by atoms with Crippen LogP contribution in [0.25, 0.3) is 0 Å². The second-order valence-electron chi connectivity index (χ2n) is 4.61. The maximum atomic E-state index is 12.0. The molecule has 1 rings (SSSR count). The molecule has 0 aliphatic carbocycles. The molecule has 0 heterocycles. The Bertz CT molecular complexity index is 456. The zero-order valence-corrected chi connectivity index (χ0v) is 12.7. The van der Waals surface area contributed by atoms with Crippen LogP contribution in [0.2, 0.25) is 0 Å². The van der Waals surface area contributed by atoms with E-state index in [1.165, 1.54) is 0 Å². The number of nitrogens with two attached hydrogens (primary N) is 1. The van der Waals surface area contributed by atoms with Gasteiger partial charge in [0.1, 0.15) is 6.04 Å². The molecule has 0 saturated carbocycles. The van der Waals surface area contributed by atoms with Crippen LogP contribution in [0.1, 0.15) is 12.0 Å². The van der Waals surface area contributed by atoms with Crippen molar-refractivity contribution in [2.75, 3.05) is 12.0 Å². The van der Waals surface area contributed by atoms with E-state index in [-0.39, 0.29) is 0 Å². The number of benzene rings is 1. The van der Waals surface area contributed by atoms with Crippen LogP contribution < -0.4 is 16.5 Å². The number of amides is 2. The Hall–Kier alpha value is -1.57. The van der Waals surface area contributed by atoms with E-state index >= 15 is 0 Å². The van der Waals surface area contributed by atoms with Crippen molar-refractivity contribution in [1.29, 1.82) is 0 Å². The van der Waals surface area contributed by atoms with Crippen LogP contribution >= 0.6 is 11.8 Å². The van der Waals surface area contributed by atoms with Gasteiger partial charge in [0, 0.05) is 0 Å². The number of rotatable bonds is 8. The molecular formula is C14H21N3O3S. The van der Waals surface area contributed by atoms with Gasteiger partial charge in [-0.3, -0.25) is 14.8 Å². The highest BCUT2D eigenvalue weighted by Crippen LogP contribution is 2.04. The van der Waals surface area contributed by atoms with Crippen molar-refractivity contribution in [3.63, 3.8) is 0 Å². The summed E-state index contributed by atoms with van der Waals surface area (Å²) in [4.78, 5) is 23.5. The maximum absolute atomic E-state index is 12.0. The van der Waals surface area contributed by atoms with Crippen molar-refractivity contribution in [3.8, 4) is 0 Å². The Morgan fingerprint density at radius 3 is 2.52 bits per heavy atom. The van der Waals surface area contributed by atoms with Gasteiger partial charge in [-0.1, -0.05) is 30.3 Å². The molecule has 0 fully saturated rings. The van der Waals surface area contributed by atoms with Gasteiger partial charge in [-0.05, 0) is 30.4 Å². The first-order valence-electron chi connectivity index (χ1n) is 6.61. The molecule has 2 amide bonds. The highest BCUT2D eigenvalue weighted by atomic mass is 32.2. The summed E-state index contributed by atoms with van der Waals surface area (Å²) < 4.78 is 0. The minimum absolute atomic E-state index is 0.392. The molecule has 2 atom stereocenters. The Morgan fingerprint density at radius 1 is 1.29 bits per heavy atom. The standard InChI is InChI=1S/C14H21N3O3S/c1-21-8-7-12(14(19)17-20)16-13(18)11(15)9-10-5-3-2-4-6-10/h2-6,11-12,20H,7-9,15H2,1H3,(H,16,18)(H,17,19)/t11?,12-/m0/s1. The lowest BCUT2D eigenvalue weighted by molar-refractivity contribution is -0.135. The molecule has 0 bridgehead atoms. The van der Waals surface area contributed by atoms with Crippen molar-refractivity contribution in [2.24, 2.45) is 5.73 Å². The molecule has 21 heavy (non-hydrogen) atoms. The molecule has 116 valence electrons. The van der Waals surface area contributed by atoms with Gasteiger partial charge < -0.3 is 11.1 Å². The zero-order chi connectivity index (χ0) is 15.7. The van der Waals surface area contributed by atoms with Crippen LogP contribution in [-0.4, -0.2) is 41.1 Å². The van der Waals surface area contributed by atoms with E-state index in [0.29, 0.717) is 18.6 Å². The first-order valence-corrected chi connectivity index (χ1v) is 8.00. The van der Waals surface area contributed by atoms with Crippen molar-refractivity contribution in [3.05, 3.63) is 35.9 Å². The molecule has 0 spiro atoms. The van der Waals surface area contributed by atoms with Gasteiger partial charge in [0.05, 0.1) is 6.04 Å². The summed E-state index contributed by atoms with van der Waals surface area (Å²) in [5.74, 6) is -0.357. The summed E-state index contributed by atoms with van der Waals surface area (Å²) in [5, 5.41) is 11.3. The summed E-state index contributed by atoms with van der Waals surface area (Å²) in [6, 6.07) is 7.89. The lowest BCUT2D eigenvalue weighted by Crippen LogP contribution is -2.51. The summed E-state index contributed by atoms with van der Waals surface area (Å²) in [7, 11) is 0. The fourth-order valence-corrected chi connectivity index (χ4v) is 2.29. The molecule has 7 heteroatoms. The lowest BCUT2D eigenvalue weighted by Gasteiger charge is -2.19. The zero-order valence-electron chi connectivity index (χ0n) is 11.9. The number of hydrogen-bond donors (Lipinski definition) is 4.